The van der Waals surface area contributed by atoms with Gasteiger partial charge in [0.05, 0.1) is 5.92 Å². The molecule has 3 rings (SSSR count). The van der Waals surface area contributed by atoms with E-state index in [9.17, 15) is 9.59 Å². The van der Waals surface area contributed by atoms with Crippen molar-refractivity contribution in [1.82, 2.24) is 0 Å². The van der Waals surface area contributed by atoms with Crippen LogP contribution in [0.25, 0.3) is 0 Å². The van der Waals surface area contributed by atoms with Crippen molar-refractivity contribution in [2.75, 3.05) is 16.8 Å². The first kappa shape index (κ1) is 19.2. The quantitative estimate of drug-likeness (QED) is 0.828. The van der Waals surface area contributed by atoms with Crippen molar-refractivity contribution in [3.05, 3.63) is 59.2 Å². The zero-order valence-corrected chi connectivity index (χ0v) is 16.6. The molecule has 1 fully saturated rings. The molecule has 1 aliphatic rings. The lowest BCUT2D eigenvalue weighted by molar-refractivity contribution is -0.122. The Balaban J connectivity index is 1.67. The van der Waals surface area contributed by atoms with E-state index in [0.29, 0.717) is 12.5 Å². The van der Waals surface area contributed by atoms with Crippen LogP contribution in [0.2, 0.25) is 0 Å². The minimum absolute atomic E-state index is 0.00854. The summed E-state index contributed by atoms with van der Waals surface area (Å²) >= 11 is 0. The number of anilines is 2. The zero-order chi connectivity index (χ0) is 19.6. The summed E-state index contributed by atoms with van der Waals surface area (Å²) in [7, 11) is 0. The van der Waals surface area contributed by atoms with Gasteiger partial charge in [-0.15, -0.1) is 0 Å². The highest BCUT2D eigenvalue weighted by molar-refractivity contribution is 6.03. The lowest BCUT2D eigenvalue weighted by Crippen LogP contribution is -2.28. The Bertz CT molecular complexity index is 842. The van der Waals surface area contributed by atoms with Crippen molar-refractivity contribution in [3.8, 4) is 0 Å². The molecule has 0 spiro atoms. The van der Waals surface area contributed by atoms with Crippen molar-refractivity contribution < 1.29 is 9.59 Å². The molecule has 2 unspecified atom stereocenters. The van der Waals surface area contributed by atoms with E-state index in [4.69, 9.17) is 0 Å². The molecule has 2 atom stereocenters. The first-order valence-corrected chi connectivity index (χ1v) is 9.67. The molecular formula is C23H28N2O2. The second-order valence-electron chi connectivity index (χ2n) is 7.62. The molecule has 0 aromatic heterocycles. The lowest BCUT2D eigenvalue weighted by Gasteiger charge is -2.19. The van der Waals surface area contributed by atoms with Crippen molar-refractivity contribution in [2.24, 2.45) is 5.92 Å². The molecule has 27 heavy (non-hydrogen) atoms. The summed E-state index contributed by atoms with van der Waals surface area (Å²) in [6, 6.07) is 14.0. The van der Waals surface area contributed by atoms with Gasteiger partial charge in [-0.1, -0.05) is 43.7 Å². The van der Waals surface area contributed by atoms with E-state index in [-0.39, 0.29) is 24.2 Å². The number of benzene rings is 2. The van der Waals surface area contributed by atoms with Gasteiger partial charge in [-0.2, -0.15) is 0 Å². The summed E-state index contributed by atoms with van der Waals surface area (Å²) < 4.78 is 0. The van der Waals surface area contributed by atoms with Gasteiger partial charge in [-0.25, -0.2) is 0 Å². The number of aryl methyl sites for hydroxylation is 2. The summed E-state index contributed by atoms with van der Waals surface area (Å²) in [6.07, 6.45) is 1.34. The normalized spacial score (nSPS) is 17.9. The molecular weight excluding hydrogens is 336 g/mol. The zero-order valence-electron chi connectivity index (χ0n) is 16.6. The fourth-order valence-electron chi connectivity index (χ4n) is 3.60. The number of amides is 2. The number of nitrogens with zero attached hydrogens (tertiary/aromatic N) is 1. The van der Waals surface area contributed by atoms with E-state index in [1.54, 1.807) is 4.90 Å². The second kappa shape index (κ2) is 7.95. The Morgan fingerprint density at radius 2 is 1.89 bits per heavy atom. The van der Waals surface area contributed by atoms with E-state index >= 15 is 0 Å². The molecule has 1 heterocycles. The fraction of sp³-hybridized carbons (Fsp3) is 0.391. The minimum Gasteiger partial charge on any atom is -0.326 e. The summed E-state index contributed by atoms with van der Waals surface area (Å²) in [4.78, 5) is 26.9. The number of rotatable bonds is 5. The van der Waals surface area contributed by atoms with E-state index in [2.05, 4.69) is 37.4 Å². The molecule has 142 valence electrons. The Morgan fingerprint density at radius 1 is 1.19 bits per heavy atom. The van der Waals surface area contributed by atoms with Gasteiger partial charge in [0.25, 0.3) is 0 Å². The molecule has 0 radical (unpaired) electrons. The number of nitrogens with one attached hydrogen (secondary N) is 1. The van der Waals surface area contributed by atoms with Gasteiger partial charge in [0.1, 0.15) is 0 Å². The van der Waals surface area contributed by atoms with Crippen LogP contribution in [-0.2, 0) is 9.59 Å². The fourth-order valence-corrected chi connectivity index (χ4v) is 3.60. The maximum Gasteiger partial charge on any atom is 0.229 e. The molecule has 2 aromatic carbocycles. The van der Waals surface area contributed by atoms with Crippen LogP contribution in [0.3, 0.4) is 0 Å². The van der Waals surface area contributed by atoms with Crippen LogP contribution in [0, 0.1) is 19.8 Å². The molecule has 1 N–H and O–H groups in total. The third-order valence-corrected chi connectivity index (χ3v) is 5.50. The molecule has 4 nitrogen and oxygen atoms in total. The van der Waals surface area contributed by atoms with E-state index in [1.165, 1.54) is 5.56 Å². The summed E-state index contributed by atoms with van der Waals surface area (Å²) in [5, 5.41) is 2.97. The molecule has 2 amide bonds. The topological polar surface area (TPSA) is 49.4 Å². The van der Waals surface area contributed by atoms with Crippen molar-refractivity contribution in [3.63, 3.8) is 0 Å². The number of hydrogen-bond acceptors (Lipinski definition) is 2. The third kappa shape index (κ3) is 4.21. The summed E-state index contributed by atoms with van der Waals surface area (Å²) in [5.41, 5.74) is 5.18. The van der Waals surface area contributed by atoms with E-state index < -0.39 is 0 Å². The summed E-state index contributed by atoms with van der Waals surface area (Å²) in [6.45, 7) is 8.82. The first-order chi connectivity index (χ1) is 12.9. The standard InChI is InChI=1S/C23H28N2O2/c1-5-16(3)18-7-9-20(10-8-18)24-23(27)19-13-22(26)25(14-19)21-11-6-15(2)12-17(21)4/h6-12,16,19H,5,13-14H2,1-4H3,(H,24,27). The Morgan fingerprint density at radius 3 is 2.52 bits per heavy atom. The van der Waals surface area contributed by atoms with Crippen LogP contribution in [0.15, 0.2) is 42.5 Å². The first-order valence-electron chi connectivity index (χ1n) is 9.67. The predicted molar refractivity (Wildman–Crippen MR) is 110 cm³/mol. The maximum absolute atomic E-state index is 12.7. The number of hydrogen-bond donors (Lipinski definition) is 1. The molecule has 0 bridgehead atoms. The monoisotopic (exact) mass is 364 g/mol. The highest BCUT2D eigenvalue weighted by atomic mass is 16.2. The van der Waals surface area contributed by atoms with Crippen molar-refractivity contribution in [2.45, 2.75) is 46.5 Å². The van der Waals surface area contributed by atoms with Gasteiger partial charge in [-0.3, -0.25) is 9.59 Å². The van der Waals surface area contributed by atoms with Gasteiger partial charge in [0.15, 0.2) is 0 Å². The number of carbonyl (C=O) groups is 2. The average Bonchev–Trinajstić information content (AvgIpc) is 3.03. The van der Waals surface area contributed by atoms with E-state index in [0.717, 1.165) is 28.9 Å². The molecule has 1 aliphatic heterocycles. The van der Waals surface area contributed by atoms with Crippen LogP contribution in [-0.4, -0.2) is 18.4 Å². The lowest BCUT2D eigenvalue weighted by atomic mass is 9.98. The van der Waals surface area contributed by atoms with Crippen LogP contribution < -0.4 is 10.2 Å². The SMILES string of the molecule is CCC(C)c1ccc(NC(=O)C2CC(=O)N(c3ccc(C)cc3C)C2)cc1. The average molecular weight is 364 g/mol. The van der Waals surface area contributed by atoms with Crippen LogP contribution >= 0.6 is 0 Å². The Labute approximate surface area is 161 Å². The van der Waals surface area contributed by atoms with Crippen LogP contribution in [0.5, 0.6) is 0 Å². The van der Waals surface area contributed by atoms with Gasteiger partial charge in [0.2, 0.25) is 11.8 Å². The maximum atomic E-state index is 12.7. The minimum atomic E-state index is -0.326. The second-order valence-corrected chi connectivity index (χ2v) is 7.62. The number of carbonyl (C=O) groups excluding carboxylic acids is 2. The largest absolute Gasteiger partial charge is 0.326 e. The van der Waals surface area contributed by atoms with Gasteiger partial charge in [0, 0.05) is 24.3 Å². The predicted octanol–water partition coefficient (Wildman–Crippen LogP) is 4.81. The van der Waals surface area contributed by atoms with Crippen LogP contribution in [0.4, 0.5) is 11.4 Å². The highest BCUT2D eigenvalue weighted by Gasteiger charge is 2.35. The van der Waals surface area contributed by atoms with E-state index in [1.807, 2.05) is 38.1 Å². The van der Waals surface area contributed by atoms with Gasteiger partial charge >= 0.3 is 0 Å². The summed E-state index contributed by atoms with van der Waals surface area (Å²) in [5.74, 6) is 0.0992. The van der Waals surface area contributed by atoms with Crippen molar-refractivity contribution >= 4 is 23.2 Å². The third-order valence-electron chi connectivity index (χ3n) is 5.50. The van der Waals surface area contributed by atoms with Gasteiger partial charge in [-0.05, 0) is 55.5 Å². The Hall–Kier alpha value is -2.62. The Kier molecular flexibility index (Phi) is 5.64. The molecule has 0 saturated carbocycles. The van der Waals surface area contributed by atoms with Crippen molar-refractivity contribution in [1.29, 1.82) is 0 Å². The molecule has 2 aromatic rings. The molecule has 4 heteroatoms. The molecule has 1 saturated heterocycles. The molecule has 0 aliphatic carbocycles. The highest BCUT2D eigenvalue weighted by Crippen LogP contribution is 2.29. The smallest absolute Gasteiger partial charge is 0.229 e. The van der Waals surface area contributed by atoms with Crippen LogP contribution in [0.1, 0.15) is 49.3 Å². The van der Waals surface area contributed by atoms with Gasteiger partial charge < -0.3 is 10.2 Å².